The number of aryl methyl sites for hydroxylation is 2. The average molecular weight is 203 g/mol. The third kappa shape index (κ3) is 1.69. The zero-order chi connectivity index (χ0) is 10.8. The van der Waals surface area contributed by atoms with Crippen LogP contribution in [-0.2, 0) is 12.8 Å². The number of hydrogen-bond donors (Lipinski definition) is 1. The van der Waals surface area contributed by atoms with E-state index < -0.39 is 0 Å². The number of aromatic nitrogens is 2. The molecule has 2 N–H and O–H groups in total. The van der Waals surface area contributed by atoms with Crippen LogP contribution in [0.25, 0.3) is 5.65 Å². The second-order valence-electron chi connectivity index (χ2n) is 3.80. The van der Waals surface area contributed by atoms with E-state index in [1.807, 2.05) is 18.3 Å². The molecule has 0 radical (unpaired) electrons. The van der Waals surface area contributed by atoms with Gasteiger partial charge in [-0.05, 0) is 25.0 Å². The van der Waals surface area contributed by atoms with Crippen molar-refractivity contribution in [3.8, 4) is 0 Å². The lowest BCUT2D eigenvalue weighted by Crippen LogP contribution is -1.96. The van der Waals surface area contributed by atoms with Crippen LogP contribution < -0.4 is 5.73 Å². The van der Waals surface area contributed by atoms with Gasteiger partial charge in [0.15, 0.2) is 0 Å². The van der Waals surface area contributed by atoms with Crippen LogP contribution in [0.2, 0.25) is 0 Å². The van der Waals surface area contributed by atoms with E-state index in [9.17, 15) is 0 Å². The Morgan fingerprint density at radius 2 is 2.13 bits per heavy atom. The van der Waals surface area contributed by atoms with Crippen molar-refractivity contribution in [1.29, 1.82) is 0 Å². The van der Waals surface area contributed by atoms with Crippen LogP contribution in [0.3, 0.4) is 0 Å². The minimum absolute atomic E-state index is 0.789. The third-order valence-electron chi connectivity index (χ3n) is 2.64. The fourth-order valence-electron chi connectivity index (χ4n) is 1.97. The third-order valence-corrected chi connectivity index (χ3v) is 2.64. The van der Waals surface area contributed by atoms with Crippen LogP contribution in [0.1, 0.15) is 31.7 Å². The first-order valence-electron chi connectivity index (χ1n) is 5.51. The molecule has 0 saturated heterocycles. The second-order valence-corrected chi connectivity index (χ2v) is 3.80. The summed E-state index contributed by atoms with van der Waals surface area (Å²) >= 11 is 0. The number of nitrogens with zero attached hydrogens (tertiary/aromatic N) is 2. The summed E-state index contributed by atoms with van der Waals surface area (Å²) in [6, 6.07) is 3.88. The molecule has 0 aromatic carbocycles. The summed E-state index contributed by atoms with van der Waals surface area (Å²) in [7, 11) is 0. The van der Waals surface area contributed by atoms with Gasteiger partial charge in [-0.25, -0.2) is 4.98 Å². The lowest BCUT2D eigenvalue weighted by atomic mass is 10.2. The van der Waals surface area contributed by atoms with Crippen molar-refractivity contribution in [2.75, 3.05) is 5.73 Å². The lowest BCUT2D eigenvalue weighted by Gasteiger charge is -2.01. The first kappa shape index (κ1) is 10.0. The number of hydrogen-bond acceptors (Lipinski definition) is 2. The van der Waals surface area contributed by atoms with Crippen LogP contribution in [0.15, 0.2) is 18.3 Å². The number of nitrogen functional groups attached to an aromatic ring is 1. The van der Waals surface area contributed by atoms with Crippen molar-refractivity contribution >= 4 is 11.3 Å². The zero-order valence-corrected chi connectivity index (χ0v) is 9.33. The summed E-state index contributed by atoms with van der Waals surface area (Å²) in [6.07, 6.45) is 5.14. The highest BCUT2D eigenvalue weighted by atomic mass is 15.0. The van der Waals surface area contributed by atoms with Gasteiger partial charge in [-0.2, -0.15) is 0 Å². The Hall–Kier alpha value is -1.51. The number of imidazole rings is 1. The summed E-state index contributed by atoms with van der Waals surface area (Å²) in [6.45, 7) is 4.34. The van der Waals surface area contributed by atoms with Crippen molar-refractivity contribution < 1.29 is 0 Å². The number of rotatable bonds is 3. The van der Waals surface area contributed by atoms with Crippen molar-refractivity contribution in [3.63, 3.8) is 0 Å². The number of anilines is 1. The number of pyridine rings is 1. The Morgan fingerprint density at radius 1 is 1.33 bits per heavy atom. The largest absolute Gasteiger partial charge is 0.398 e. The maximum Gasteiger partial charge on any atom is 0.137 e. The van der Waals surface area contributed by atoms with Gasteiger partial charge in [0.1, 0.15) is 5.65 Å². The minimum atomic E-state index is 0.789. The van der Waals surface area contributed by atoms with Crippen molar-refractivity contribution in [2.45, 2.75) is 33.1 Å². The summed E-state index contributed by atoms with van der Waals surface area (Å²) in [5, 5.41) is 0. The van der Waals surface area contributed by atoms with Gasteiger partial charge in [0.05, 0.1) is 5.69 Å². The molecule has 0 atom stereocenters. The highest BCUT2D eigenvalue weighted by Gasteiger charge is 2.09. The molecule has 0 amide bonds. The molecule has 0 bridgehead atoms. The fourth-order valence-corrected chi connectivity index (χ4v) is 1.97. The van der Waals surface area contributed by atoms with Crippen LogP contribution in [-0.4, -0.2) is 9.38 Å². The molecule has 0 saturated carbocycles. The Bertz CT molecular complexity index is 471. The monoisotopic (exact) mass is 203 g/mol. The molecule has 0 aliphatic heterocycles. The van der Waals surface area contributed by atoms with Gasteiger partial charge in [0.2, 0.25) is 0 Å². The topological polar surface area (TPSA) is 43.3 Å². The van der Waals surface area contributed by atoms with E-state index in [2.05, 4.69) is 23.2 Å². The molecule has 0 aliphatic carbocycles. The summed E-state index contributed by atoms with van der Waals surface area (Å²) in [4.78, 5) is 4.62. The predicted molar refractivity (Wildman–Crippen MR) is 63.0 cm³/mol. The van der Waals surface area contributed by atoms with Gasteiger partial charge in [-0.15, -0.1) is 0 Å². The van der Waals surface area contributed by atoms with Gasteiger partial charge in [-0.3, -0.25) is 0 Å². The Morgan fingerprint density at radius 3 is 2.80 bits per heavy atom. The van der Waals surface area contributed by atoms with E-state index in [4.69, 9.17) is 5.73 Å². The standard InChI is InChI=1S/C12H17N3/c1-3-5-10-11(4-2)15-8-9(13)6-7-12(15)14-10/h6-8H,3-5,13H2,1-2H3. The number of nitrogens with two attached hydrogens (primary N) is 1. The van der Waals surface area contributed by atoms with Crippen molar-refractivity contribution in [3.05, 3.63) is 29.7 Å². The molecular formula is C12H17N3. The van der Waals surface area contributed by atoms with Gasteiger partial charge in [-0.1, -0.05) is 20.3 Å². The number of fused-ring (bicyclic) bond motifs is 1. The smallest absolute Gasteiger partial charge is 0.137 e. The lowest BCUT2D eigenvalue weighted by molar-refractivity contribution is 0.860. The van der Waals surface area contributed by atoms with Gasteiger partial charge in [0, 0.05) is 17.6 Å². The molecule has 2 aromatic heterocycles. The Kier molecular flexibility index (Phi) is 2.62. The molecule has 0 unspecified atom stereocenters. The summed E-state index contributed by atoms with van der Waals surface area (Å²) < 4.78 is 2.11. The van der Waals surface area contributed by atoms with E-state index in [0.29, 0.717) is 0 Å². The predicted octanol–water partition coefficient (Wildman–Crippen LogP) is 2.43. The molecule has 0 spiro atoms. The Labute approximate surface area is 89.9 Å². The molecule has 2 aromatic rings. The molecule has 0 aliphatic rings. The quantitative estimate of drug-likeness (QED) is 0.832. The molecule has 80 valence electrons. The van der Waals surface area contributed by atoms with Gasteiger partial charge in [0.25, 0.3) is 0 Å². The molecule has 3 heteroatoms. The van der Waals surface area contributed by atoms with E-state index in [1.165, 1.54) is 11.4 Å². The minimum Gasteiger partial charge on any atom is -0.398 e. The first-order valence-corrected chi connectivity index (χ1v) is 5.51. The molecule has 3 nitrogen and oxygen atoms in total. The van der Waals surface area contributed by atoms with E-state index >= 15 is 0 Å². The SMILES string of the molecule is CCCc1nc2ccc(N)cn2c1CC. The highest BCUT2D eigenvalue weighted by Crippen LogP contribution is 2.16. The van der Waals surface area contributed by atoms with Crippen LogP contribution in [0.4, 0.5) is 5.69 Å². The van der Waals surface area contributed by atoms with Crippen LogP contribution in [0.5, 0.6) is 0 Å². The summed E-state index contributed by atoms with van der Waals surface area (Å²) in [5.41, 5.74) is 10.1. The van der Waals surface area contributed by atoms with Crippen molar-refractivity contribution in [2.24, 2.45) is 0 Å². The molecule has 2 rings (SSSR count). The molecule has 0 fully saturated rings. The van der Waals surface area contributed by atoms with E-state index in [0.717, 1.165) is 30.6 Å². The molecule has 2 heterocycles. The average Bonchev–Trinajstić information content (AvgIpc) is 2.55. The van der Waals surface area contributed by atoms with E-state index in [-0.39, 0.29) is 0 Å². The summed E-state index contributed by atoms with van der Waals surface area (Å²) in [5.74, 6) is 0. The van der Waals surface area contributed by atoms with Gasteiger partial charge < -0.3 is 10.1 Å². The maximum absolute atomic E-state index is 5.78. The normalized spacial score (nSPS) is 11.1. The van der Waals surface area contributed by atoms with Gasteiger partial charge >= 0.3 is 0 Å². The van der Waals surface area contributed by atoms with Crippen molar-refractivity contribution in [1.82, 2.24) is 9.38 Å². The second kappa shape index (κ2) is 3.93. The Balaban J connectivity index is 2.63. The van der Waals surface area contributed by atoms with Crippen LogP contribution >= 0.6 is 0 Å². The fraction of sp³-hybridized carbons (Fsp3) is 0.417. The zero-order valence-electron chi connectivity index (χ0n) is 9.33. The molecular weight excluding hydrogens is 186 g/mol. The first-order chi connectivity index (χ1) is 7.26. The van der Waals surface area contributed by atoms with Crippen LogP contribution in [0, 0.1) is 0 Å². The molecule has 15 heavy (non-hydrogen) atoms. The highest BCUT2D eigenvalue weighted by molar-refractivity contribution is 5.50. The maximum atomic E-state index is 5.78. The van der Waals surface area contributed by atoms with E-state index in [1.54, 1.807) is 0 Å².